The van der Waals surface area contributed by atoms with Crippen LogP contribution in [0.15, 0.2) is 36.7 Å². The van der Waals surface area contributed by atoms with E-state index >= 15 is 0 Å². The standard InChI is InChI=1S/C22H29N3O/c1-22(2,3)25-14-18(13-24-25)21(26)10-15-6-8-17(9-7-15)19-11-20(19)23-12-16-4-5-16/h6-9,13-14,16,19-20,23H,4-5,10-12H2,1-3H3. The van der Waals surface area contributed by atoms with E-state index in [4.69, 9.17) is 0 Å². The van der Waals surface area contributed by atoms with Crippen molar-refractivity contribution < 1.29 is 4.79 Å². The predicted octanol–water partition coefficient (Wildman–Crippen LogP) is 3.92. The van der Waals surface area contributed by atoms with Crippen LogP contribution >= 0.6 is 0 Å². The number of nitrogens with one attached hydrogen (secondary N) is 1. The van der Waals surface area contributed by atoms with Crippen molar-refractivity contribution in [3.8, 4) is 0 Å². The van der Waals surface area contributed by atoms with Gasteiger partial charge in [-0.1, -0.05) is 24.3 Å². The Morgan fingerprint density at radius 2 is 1.96 bits per heavy atom. The molecule has 0 spiro atoms. The summed E-state index contributed by atoms with van der Waals surface area (Å²) in [5.74, 6) is 1.72. The second kappa shape index (κ2) is 6.66. The van der Waals surface area contributed by atoms with Gasteiger partial charge < -0.3 is 5.32 Å². The number of benzene rings is 1. The van der Waals surface area contributed by atoms with Gasteiger partial charge in [0.2, 0.25) is 0 Å². The number of hydrogen-bond acceptors (Lipinski definition) is 3. The third kappa shape index (κ3) is 4.07. The molecule has 0 radical (unpaired) electrons. The maximum absolute atomic E-state index is 12.5. The van der Waals surface area contributed by atoms with E-state index in [-0.39, 0.29) is 11.3 Å². The van der Waals surface area contributed by atoms with Crippen LogP contribution in [0, 0.1) is 5.92 Å². The van der Waals surface area contributed by atoms with E-state index in [0.29, 0.717) is 23.9 Å². The predicted molar refractivity (Wildman–Crippen MR) is 104 cm³/mol. The fourth-order valence-electron chi connectivity index (χ4n) is 3.43. The lowest BCUT2D eigenvalue weighted by atomic mass is 10.0. The minimum Gasteiger partial charge on any atom is -0.313 e. The highest BCUT2D eigenvalue weighted by Crippen LogP contribution is 2.41. The van der Waals surface area contributed by atoms with Gasteiger partial charge in [0.05, 0.1) is 17.3 Å². The van der Waals surface area contributed by atoms with E-state index in [1.54, 1.807) is 6.20 Å². The van der Waals surface area contributed by atoms with E-state index in [9.17, 15) is 4.79 Å². The highest BCUT2D eigenvalue weighted by molar-refractivity contribution is 5.97. The SMILES string of the molecule is CC(C)(C)n1cc(C(=O)Cc2ccc(C3CC3NCC3CC3)cc2)cn1. The van der Waals surface area contributed by atoms with Crippen molar-refractivity contribution in [1.29, 1.82) is 0 Å². The minimum atomic E-state index is -0.103. The molecule has 4 nitrogen and oxygen atoms in total. The number of Topliss-reactive ketones (excluding diaryl/α,β-unsaturated/α-hetero) is 1. The van der Waals surface area contributed by atoms with Gasteiger partial charge in [0.15, 0.2) is 5.78 Å². The van der Waals surface area contributed by atoms with Crippen LogP contribution in [0.3, 0.4) is 0 Å². The van der Waals surface area contributed by atoms with Gasteiger partial charge in [-0.25, -0.2) is 0 Å². The average Bonchev–Trinajstić information content (AvgIpc) is 3.50. The smallest absolute Gasteiger partial charge is 0.170 e. The number of carbonyl (C=O) groups excluding carboxylic acids is 1. The number of hydrogen-bond donors (Lipinski definition) is 1. The Morgan fingerprint density at radius 3 is 2.58 bits per heavy atom. The van der Waals surface area contributed by atoms with Crippen molar-refractivity contribution >= 4 is 5.78 Å². The molecule has 4 rings (SSSR count). The third-order valence-corrected chi connectivity index (χ3v) is 5.52. The van der Waals surface area contributed by atoms with E-state index in [0.717, 1.165) is 11.5 Å². The Balaban J connectivity index is 1.32. The highest BCUT2D eigenvalue weighted by atomic mass is 16.1. The average molecular weight is 351 g/mol. The van der Waals surface area contributed by atoms with E-state index in [1.165, 1.54) is 31.4 Å². The molecule has 0 aliphatic heterocycles. The number of carbonyl (C=O) groups is 1. The van der Waals surface area contributed by atoms with Crippen LogP contribution in [0.2, 0.25) is 0 Å². The zero-order valence-electron chi connectivity index (χ0n) is 16.0. The lowest BCUT2D eigenvalue weighted by Crippen LogP contribution is -2.22. The van der Waals surface area contributed by atoms with Gasteiger partial charge in [-0.3, -0.25) is 9.48 Å². The molecule has 138 valence electrons. The Bertz CT molecular complexity index is 780. The minimum absolute atomic E-state index is 0.103. The molecular weight excluding hydrogens is 322 g/mol. The summed E-state index contributed by atoms with van der Waals surface area (Å²) in [6.45, 7) is 7.43. The fourth-order valence-corrected chi connectivity index (χ4v) is 3.43. The van der Waals surface area contributed by atoms with Gasteiger partial charge in [0.1, 0.15) is 0 Å². The summed E-state index contributed by atoms with van der Waals surface area (Å²) >= 11 is 0. The van der Waals surface area contributed by atoms with Gasteiger partial charge in [0.25, 0.3) is 0 Å². The van der Waals surface area contributed by atoms with Gasteiger partial charge in [-0.2, -0.15) is 5.10 Å². The molecule has 2 aromatic rings. The maximum Gasteiger partial charge on any atom is 0.170 e. The zero-order valence-corrected chi connectivity index (χ0v) is 16.0. The molecule has 1 N–H and O–H groups in total. The molecule has 1 heterocycles. The third-order valence-electron chi connectivity index (χ3n) is 5.52. The zero-order chi connectivity index (χ0) is 18.3. The summed E-state index contributed by atoms with van der Waals surface area (Å²) in [6, 6.07) is 9.27. The summed E-state index contributed by atoms with van der Waals surface area (Å²) in [6.07, 6.45) is 8.03. The Morgan fingerprint density at radius 1 is 1.23 bits per heavy atom. The van der Waals surface area contributed by atoms with Gasteiger partial charge >= 0.3 is 0 Å². The molecule has 2 unspecified atom stereocenters. The maximum atomic E-state index is 12.5. The van der Waals surface area contributed by atoms with Crippen molar-refractivity contribution in [1.82, 2.24) is 15.1 Å². The van der Waals surface area contributed by atoms with Crippen LogP contribution in [0.1, 0.15) is 67.4 Å². The Hall–Kier alpha value is -1.94. The summed E-state index contributed by atoms with van der Waals surface area (Å²) < 4.78 is 1.85. The van der Waals surface area contributed by atoms with Gasteiger partial charge in [0, 0.05) is 24.6 Å². The number of nitrogens with zero attached hydrogens (tertiary/aromatic N) is 2. The van der Waals surface area contributed by atoms with Crippen LogP contribution in [-0.2, 0) is 12.0 Å². The molecule has 0 saturated heterocycles. The summed E-state index contributed by atoms with van der Waals surface area (Å²) in [7, 11) is 0. The first kappa shape index (κ1) is 17.5. The molecule has 0 bridgehead atoms. The molecule has 1 aromatic heterocycles. The quantitative estimate of drug-likeness (QED) is 0.769. The molecule has 4 heteroatoms. The van der Waals surface area contributed by atoms with Crippen LogP contribution in [0.4, 0.5) is 0 Å². The second-order valence-corrected chi connectivity index (χ2v) is 8.99. The van der Waals surface area contributed by atoms with Crippen molar-refractivity contribution in [3.63, 3.8) is 0 Å². The first-order valence-corrected chi connectivity index (χ1v) is 9.81. The van der Waals surface area contributed by atoms with Crippen molar-refractivity contribution in [2.24, 2.45) is 5.92 Å². The number of ketones is 1. The summed E-state index contributed by atoms with van der Waals surface area (Å²) in [5.41, 5.74) is 3.06. The molecule has 0 amide bonds. The lowest BCUT2D eigenvalue weighted by molar-refractivity contribution is 0.0993. The van der Waals surface area contributed by atoms with Crippen molar-refractivity contribution in [2.45, 2.75) is 64.0 Å². The Labute approximate surface area is 156 Å². The highest BCUT2D eigenvalue weighted by Gasteiger charge is 2.38. The second-order valence-electron chi connectivity index (χ2n) is 8.99. The monoisotopic (exact) mass is 351 g/mol. The number of rotatable bonds is 7. The fraction of sp³-hybridized carbons (Fsp3) is 0.545. The molecule has 1 aromatic carbocycles. The molecule has 2 fully saturated rings. The van der Waals surface area contributed by atoms with Crippen LogP contribution < -0.4 is 5.32 Å². The molecule has 2 aliphatic carbocycles. The van der Waals surface area contributed by atoms with Crippen molar-refractivity contribution in [2.75, 3.05) is 6.54 Å². The van der Waals surface area contributed by atoms with E-state index < -0.39 is 0 Å². The molecular formula is C22H29N3O. The molecule has 2 aliphatic rings. The topological polar surface area (TPSA) is 46.9 Å². The largest absolute Gasteiger partial charge is 0.313 e. The van der Waals surface area contributed by atoms with Crippen LogP contribution in [0.25, 0.3) is 0 Å². The van der Waals surface area contributed by atoms with Crippen LogP contribution in [0.5, 0.6) is 0 Å². The van der Waals surface area contributed by atoms with Crippen molar-refractivity contribution in [3.05, 3.63) is 53.3 Å². The molecule has 2 saturated carbocycles. The molecule has 2 atom stereocenters. The Kier molecular flexibility index (Phi) is 4.47. The van der Waals surface area contributed by atoms with Gasteiger partial charge in [-0.15, -0.1) is 0 Å². The van der Waals surface area contributed by atoms with Gasteiger partial charge in [-0.05, 0) is 63.6 Å². The molecule has 26 heavy (non-hydrogen) atoms. The van der Waals surface area contributed by atoms with Crippen LogP contribution in [-0.4, -0.2) is 28.2 Å². The van der Waals surface area contributed by atoms with E-state index in [1.807, 2.05) is 10.9 Å². The first-order valence-electron chi connectivity index (χ1n) is 9.81. The first-order chi connectivity index (χ1) is 12.4. The normalized spacial score (nSPS) is 22.4. The summed E-state index contributed by atoms with van der Waals surface area (Å²) in [5, 5.41) is 8.01. The lowest BCUT2D eigenvalue weighted by Gasteiger charge is -2.18. The number of aromatic nitrogens is 2. The van der Waals surface area contributed by atoms with E-state index in [2.05, 4.69) is 55.5 Å². The summed E-state index contributed by atoms with van der Waals surface area (Å²) in [4.78, 5) is 12.5.